The molecule has 0 spiro atoms. The number of carbonyl (C=O) groups excluding carboxylic acids is 1. The summed E-state index contributed by atoms with van der Waals surface area (Å²) in [6.07, 6.45) is -3.77. The number of anilines is 1. The highest BCUT2D eigenvalue weighted by Gasteiger charge is 2.31. The summed E-state index contributed by atoms with van der Waals surface area (Å²) >= 11 is 0. The van der Waals surface area contributed by atoms with E-state index in [0.29, 0.717) is 31.6 Å². The fourth-order valence-electron chi connectivity index (χ4n) is 2.22. The number of likely N-dealkylation sites (tertiary alicyclic amines) is 1. The number of rotatable bonds is 4. The normalized spacial score (nSPS) is 17.3. The number of amides is 1. The van der Waals surface area contributed by atoms with Crippen molar-refractivity contribution in [3.05, 3.63) is 24.3 Å². The number of hydrogen-bond acceptors (Lipinski definition) is 4. The van der Waals surface area contributed by atoms with Crippen LogP contribution in [0.15, 0.2) is 24.3 Å². The van der Waals surface area contributed by atoms with Crippen molar-refractivity contribution in [2.75, 3.05) is 25.0 Å². The molecule has 0 aliphatic carbocycles. The third-order valence-corrected chi connectivity index (χ3v) is 3.30. The number of benzene rings is 1. The van der Waals surface area contributed by atoms with Crippen molar-refractivity contribution < 1.29 is 27.8 Å². The average molecular weight is 318 g/mol. The Hall–Kier alpha value is -1.80. The van der Waals surface area contributed by atoms with E-state index < -0.39 is 6.36 Å². The second kappa shape index (κ2) is 6.97. The third-order valence-electron chi connectivity index (χ3n) is 3.30. The zero-order chi connectivity index (χ0) is 16.2. The number of ether oxygens (including phenoxy) is 1. The zero-order valence-electron chi connectivity index (χ0n) is 11.8. The Morgan fingerprint density at radius 2 is 1.86 bits per heavy atom. The predicted molar refractivity (Wildman–Crippen MR) is 73.4 cm³/mol. The SMILES string of the molecule is O=C(CN1CCC(O)CC1)Nc1ccc(OC(F)(F)F)cc1. The lowest BCUT2D eigenvalue weighted by molar-refractivity contribution is -0.274. The highest BCUT2D eigenvalue weighted by Crippen LogP contribution is 2.23. The van der Waals surface area contributed by atoms with Crippen LogP contribution in [0, 0.1) is 0 Å². The van der Waals surface area contributed by atoms with Gasteiger partial charge in [-0.25, -0.2) is 0 Å². The van der Waals surface area contributed by atoms with Gasteiger partial charge in [0, 0.05) is 18.8 Å². The molecule has 0 radical (unpaired) electrons. The van der Waals surface area contributed by atoms with Crippen LogP contribution < -0.4 is 10.1 Å². The second-order valence-corrected chi connectivity index (χ2v) is 5.13. The average Bonchev–Trinajstić information content (AvgIpc) is 2.42. The van der Waals surface area contributed by atoms with Gasteiger partial charge in [0.1, 0.15) is 5.75 Å². The molecule has 2 rings (SSSR count). The Kier molecular flexibility index (Phi) is 5.25. The van der Waals surface area contributed by atoms with E-state index >= 15 is 0 Å². The summed E-state index contributed by atoms with van der Waals surface area (Å²) in [5, 5.41) is 12.0. The first kappa shape index (κ1) is 16.6. The molecule has 8 heteroatoms. The first-order chi connectivity index (χ1) is 10.3. The van der Waals surface area contributed by atoms with Crippen LogP contribution in [0.1, 0.15) is 12.8 Å². The molecule has 122 valence electrons. The smallest absolute Gasteiger partial charge is 0.406 e. The summed E-state index contributed by atoms with van der Waals surface area (Å²) in [7, 11) is 0. The maximum absolute atomic E-state index is 12.0. The van der Waals surface area contributed by atoms with Crippen molar-refractivity contribution in [2.24, 2.45) is 0 Å². The van der Waals surface area contributed by atoms with Gasteiger partial charge in [0.2, 0.25) is 5.91 Å². The number of aliphatic hydroxyl groups excluding tert-OH is 1. The Balaban J connectivity index is 1.81. The van der Waals surface area contributed by atoms with Crippen LogP contribution in [0.25, 0.3) is 0 Å². The van der Waals surface area contributed by atoms with E-state index in [-0.39, 0.29) is 24.3 Å². The molecule has 1 aliphatic rings. The maximum atomic E-state index is 12.0. The van der Waals surface area contributed by atoms with Gasteiger partial charge >= 0.3 is 6.36 Å². The Morgan fingerprint density at radius 3 is 2.41 bits per heavy atom. The number of alkyl halides is 3. The highest BCUT2D eigenvalue weighted by molar-refractivity contribution is 5.92. The summed E-state index contributed by atoms with van der Waals surface area (Å²) in [6, 6.07) is 4.97. The molecule has 1 aromatic carbocycles. The van der Waals surface area contributed by atoms with Crippen molar-refractivity contribution in [2.45, 2.75) is 25.3 Å². The van der Waals surface area contributed by atoms with Gasteiger partial charge in [0.15, 0.2) is 0 Å². The van der Waals surface area contributed by atoms with Gasteiger partial charge in [-0.15, -0.1) is 13.2 Å². The number of nitrogens with zero attached hydrogens (tertiary/aromatic N) is 1. The molecule has 22 heavy (non-hydrogen) atoms. The van der Waals surface area contributed by atoms with Crippen molar-refractivity contribution in [3.8, 4) is 5.75 Å². The number of piperidine rings is 1. The molecule has 0 bridgehead atoms. The van der Waals surface area contributed by atoms with E-state index in [0.717, 1.165) is 12.1 Å². The van der Waals surface area contributed by atoms with Crippen molar-refractivity contribution in [1.29, 1.82) is 0 Å². The zero-order valence-corrected chi connectivity index (χ0v) is 11.8. The summed E-state index contributed by atoms with van der Waals surface area (Å²) in [5.41, 5.74) is 0.400. The molecular formula is C14H17F3N2O3. The molecule has 1 fully saturated rings. The minimum absolute atomic E-state index is 0.188. The molecule has 0 aromatic heterocycles. The molecule has 1 saturated heterocycles. The van der Waals surface area contributed by atoms with Gasteiger partial charge in [0.25, 0.3) is 0 Å². The van der Waals surface area contributed by atoms with Gasteiger partial charge in [-0.3, -0.25) is 9.69 Å². The second-order valence-electron chi connectivity index (χ2n) is 5.13. The van der Waals surface area contributed by atoms with Gasteiger partial charge in [-0.2, -0.15) is 0 Å². The summed E-state index contributed by atoms with van der Waals surface area (Å²) in [6.45, 7) is 1.48. The number of carbonyl (C=O) groups is 1. The fraction of sp³-hybridized carbons (Fsp3) is 0.500. The molecule has 1 aliphatic heterocycles. The lowest BCUT2D eigenvalue weighted by Gasteiger charge is -2.28. The van der Waals surface area contributed by atoms with E-state index in [4.69, 9.17) is 0 Å². The molecular weight excluding hydrogens is 301 g/mol. The third kappa shape index (κ3) is 5.53. The topological polar surface area (TPSA) is 61.8 Å². The van der Waals surface area contributed by atoms with E-state index in [2.05, 4.69) is 10.1 Å². The summed E-state index contributed by atoms with van der Waals surface area (Å²) in [5.74, 6) is -0.587. The molecule has 5 nitrogen and oxygen atoms in total. The molecule has 1 heterocycles. The molecule has 1 amide bonds. The van der Waals surface area contributed by atoms with Gasteiger partial charge in [0.05, 0.1) is 12.6 Å². The van der Waals surface area contributed by atoms with Gasteiger partial charge in [-0.1, -0.05) is 0 Å². The van der Waals surface area contributed by atoms with Crippen molar-refractivity contribution in [3.63, 3.8) is 0 Å². The largest absolute Gasteiger partial charge is 0.573 e. The molecule has 0 atom stereocenters. The summed E-state index contributed by atoms with van der Waals surface area (Å²) in [4.78, 5) is 13.8. The predicted octanol–water partition coefficient (Wildman–Crippen LogP) is 1.98. The number of aliphatic hydroxyl groups is 1. The van der Waals surface area contributed by atoms with Crippen LogP contribution in [-0.2, 0) is 4.79 Å². The number of nitrogens with one attached hydrogen (secondary N) is 1. The minimum atomic E-state index is -4.73. The Morgan fingerprint density at radius 1 is 1.27 bits per heavy atom. The van der Waals surface area contributed by atoms with Crippen molar-refractivity contribution >= 4 is 11.6 Å². The standard InChI is InChI=1S/C14H17F3N2O3/c15-14(16,17)22-12-3-1-10(2-4-12)18-13(21)9-19-7-5-11(20)6-8-19/h1-4,11,20H,5-9H2,(H,18,21). The van der Waals surface area contributed by atoms with Gasteiger partial charge in [-0.05, 0) is 37.1 Å². The molecule has 0 unspecified atom stereocenters. The summed E-state index contributed by atoms with van der Waals surface area (Å²) < 4.78 is 39.8. The monoisotopic (exact) mass is 318 g/mol. The van der Waals surface area contributed by atoms with Crippen LogP contribution in [0.4, 0.5) is 18.9 Å². The van der Waals surface area contributed by atoms with Crippen LogP contribution in [0.3, 0.4) is 0 Å². The van der Waals surface area contributed by atoms with E-state index in [1.807, 2.05) is 4.90 Å². The molecule has 1 aromatic rings. The molecule has 2 N–H and O–H groups in total. The van der Waals surface area contributed by atoms with E-state index in [1.165, 1.54) is 12.1 Å². The Labute approximate surface area is 125 Å². The number of halogens is 3. The fourth-order valence-corrected chi connectivity index (χ4v) is 2.22. The molecule has 0 saturated carbocycles. The number of hydrogen-bond donors (Lipinski definition) is 2. The highest BCUT2D eigenvalue weighted by atomic mass is 19.4. The van der Waals surface area contributed by atoms with Crippen LogP contribution in [-0.4, -0.2) is 48.0 Å². The van der Waals surface area contributed by atoms with Crippen LogP contribution >= 0.6 is 0 Å². The Bertz CT molecular complexity index is 497. The maximum Gasteiger partial charge on any atom is 0.573 e. The van der Waals surface area contributed by atoms with E-state index in [9.17, 15) is 23.1 Å². The first-order valence-corrected chi connectivity index (χ1v) is 6.88. The quantitative estimate of drug-likeness (QED) is 0.891. The van der Waals surface area contributed by atoms with Crippen LogP contribution in [0.2, 0.25) is 0 Å². The first-order valence-electron chi connectivity index (χ1n) is 6.88. The lowest BCUT2D eigenvalue weighted by atomic mass is 10.1. The lowest BCUT2D eigenvalue weighted by Crippen LogP contribution is -2.40. The van der Waals surface area contributed by atoms with E-state index in [1.54, 1.807) is 0 Å². The minimum Gasteiger partial charge on any atom is -0.406 e. The van der Waals surface area contributed by atoms with Crippen LogP contribution in [0.5, 0.6) is 5.75 Å². The van der Waals surface area contributed by atoms with Crippen molar-refractivity contribution in [1.82, 2.24) is 4.90 Å². The van der Waals surface area contributed by atoms with Gasteiger partial charge < -0.3 is 15.2 Å².